The summed E-state index contributed by atoms with van der Waals surface area (Å²) in [6.45, 7) is 1.47. The van der Waals surface area contributed by atoms with Crippen molar-refractivity contribution >= 4 is 44.1 Å². The number of nitrogens with zero attached hydrogens (tertiary/aromatic N) is 1. The van der Waals surface area contributed by atoms with Gasteiger partial charge in [0, 0.05) is 39.3 Å². The smallest absolute Gasteiger partial charge is 0.254 e. The molecule has 168 valence electrons. The Morgan fingerprint density at radius 3 is 2.55 bits per heavy atom. The van der Waals surface area contributed by atoms with Crippen LogP contribution in [0.1, 0.15) is 22.8 Å². The van der Waals surface area contributed by atoms with Crippen LogP contribution >= 0.6 is 11.6 Å². The Labute approximate surface area is 193 Å². The highest BCUT2D eigenvalue weighted by atomic mass is 35.5. The van der Waals surface area contributed by atoms with Gasteiger partial charge in [0.1, 0.15) is 11.5 Å². The van der Waals surface area contributed by atoms with Gasteiger partial charge in [-0.05, 0) is 42.8 Å². The fourth-order valence-electron chi connectivity index (χ4n) is 3.33. The normalized spacial score (nSPS) is 11.9. The standard InChI is InChI=1S/C23H16ClF2N3O3S/c1-2-9-33(31,32)29-19-8-7-18(25)20(21(19)26)22(30)17-12-28-23-16(17)10-14(11-27-23)13-3-5-15(24)6-4-13/h2-12,29H,1H3,(H,27,28). The van der Waals surface area contributed by atoms with E-state index in [0.717, 1.165) is 23.1 Å². The highest BCUT2D eigenvalue weighted by molar-refractivity contribution is 7.95. The van der Waals surface area contributed by atoms with E-state index in [-0.39, 0.29) is 5.56 Å². The van der Waals surface area contributed by atoms with Crippen LogP contribution in [0.4, 0.5) is 14.5 Å². The number of nitrogens with one attached hydrogen (secondary N) is 2. The number of sulfonamides is 1. The van der Waals surface area contributed by atoms with Crippen LogP contribution in [0.15, 0.2) is 66.3 Å². The zero-order valence-electron chi connectivity index (χ0n) is 17.1. The number of benzene rings is 2. The van der Waals surface area contributed by atoms with Gasteiger partial charge in [0.15, 0.2) is 5.82 Å². The first-order valence-electron chi connectivity index (χ1n) is 9.61. The maximum Gasteiger partial charge on any atom is 0.254 e. The van der Waals surface area contributed by atoms with Crippen molar-refractivity contribution in [3.05, 3.63) is 94.1 Å². The van der Waals surface area contributed by atoms with E-state index in [1.165, 1.54) is 19.2 Å². The van der Waals surface area contributed by atoms with Crippen LogP contribution in [-0.4, -0.2) is 24.2 Å². The van der Waals surface area contributed by atoms with Gasteiger partial charge in [-0.2, -0.15) is 0 Å². The van der Waals surface area contributed by atoms with Crippen molar-refractivity contribution in [2.24, 2.45) is 0 Å². The lowest BCUT2D eigenvalue weighted by Gasteiger charge is -2.10. The van der Waals surface area contributed by atoms with E-state index in [0.29, 0.717) is 21.6 Å². The lowest BCUT2D eigenvalue weighted by Crippen LogP contribution is -2.14. The van der Waals surface area contributed by atoms with Crippen molar-refractivity contribution in [1.29, 1.82) is 0 Å². The fraction of sp³-hybridized carbons (Fsp3) is 0.0435. The van der Waals surface area contributed by atoms with Gasteiger partial charge in [-0.15, -0.1) is 0 Å². The number of ketones is 1. The predicted molar refractivity (Wildman–Crippen MR) is 124 cm³/mol. The number of carbonyl (C=O) groups excluding carboxylic acids is 1. The number of hydrogen-bond donors (Lipinski definition) is 2. The molecule has 2 N–H and O–H groups in total. The van der Waals surface area contributed by atoms with Crippen LogP contribution in [0.3, 0.4) is 0 Å². The molecule has 0 radical (unpaired) electrons. The molecule has 0 fully saturated rings. The highest BCUT2D eigenvalue weighted by Crippen LogP contribution is 2.30. The van der Waals surface area contributed by atoms with Gasteiger partial charge >= 0.3 is 0 Å². The van der Waals surface area contributed by atoms with E-state index in [2.05, 4.69) is 9.97 Å². The van der Waals surface area contributed by atoms with Crippen molar-refractivity contribution < 1.29 is 22.0 Å². The second-order valence-electron chi connectivity index (χ2n) is 7.06. The molecule has 0 saturated carbocycles. The quantitative estimate of drug-likeness (QED) is 0.343. The second kappa shape index (κ2) is 8.76. The topological polar surface area (TPSA) is 91.9 Å². The summed E-state index contributed by atoms with van der Waals surface area (Å²) in [4.78, 5) is 20.3. The maximum absolute atomic E-state index is 15.1. The molecule has 2 aromatic carbocycles. The van der Waals surface area contributed by atoms with E-state index in [1.54, 1.807) is 36.5 Å². The second-order valence-corrected chi connectivity index (χ2v) is 9.06. The Bertz CT molecular complexity index is 1510. The molecule has 0 atom stereocenters. The molecule has 33 heavy (non-hydrogen) atoms. The number of anilines is 1. The summed E-state index contributed by atoms with van der Waals surface area (Å²) in [6, 6.07) is 10.4. The average Bonchev–Trinajstić information content (AvgIpc) is 3.19. The number of halogens is 3. The summed E-state index contributed by atoms with van der Waals surface area (Å²) >= 11 is 5.93. The van der Waals surface area contributed by atoms with E-state index in [4.69, 9.17) is 11.6 Å². The molecule has 0 aliphatic carbocycles. The van der Waals surface area contributed by atoms with Gasteiger partial charge in [0.25, 0.3) is 10.0 Å². The molecule has 2 heterocycles. The number of aromatic amines is 1. The average molecular weight is 488 g/mol. The Kier molecular flexibility index (Phi) is 6.01. The number of rotatable bonds is 6. The van der Waals surface area contributed by atoms with Gasteiger partial charge in [0.2, 0.25) is 5.78 Å². The van der Waals surface area contributed by atoms with Crippen molar-refractivity contribution in [2.75, 3.05) is 4.72 Å². The number of fused-ring (bicyclic) bond motifs is 1. The van der Waals surface area contributed by atoms with E-state index >= 15 is 4.39 Å². The maximum atomic E-state index is 15.1. The van der Waals surface area contributed by atoms with Crippen molar-refractivity contribution in [2.45, 2.75) is 6.92 Å². The molecule has 0 unspecified atom stereocenters. The fourth-order valence-corrected chi connectivity index (χ4v) is 4.35. The number of H-pyrrole nitrogens is 1. The molecule has 0 aliphatic rings. The molecule has 10 heteroatoms. The minimum atomic E-state index is -4.02. The molecule has 2 aromatic heterocycles. The summed E-state index contributed by atoms with van der Waals surface area (Å²) in [7, 11) is -4.02. The van der Waals surface area contributed by atoms with Crippen LogP contribution in [0.2, 0.25) is 5.02 Å². The summed E-state index contributed by atoms with van der Waals surface area (Å²) in [5.41, 5.74) is 0.361. The first-order chi connectivity index (χ1) is 15.7. The van der Waals surface area contributed by atoms with Gasteiger partial charge < -0.3 is 4.98 Å². The zero-order chi connectivity index (χ0) is 23.8. The monoisotopic (exact) mass is 487 g/mol. The molecular formula is C23H16ClF2N3O3S. The van der Waals surface area contributed by atoms with E-state index in [1.807, 2.05) is 4.72 Å². The predicted octanol–water partition coefficient (Wildman–Crippen LogP) is 5.67. The number of hydrogen-bond acceptors (Lipinski definition) is 4. The Morgan fingerprint density at radius 1 is 1.12 bits per heavy atom. The summed E-state index contributed by atoms with van der Waals surface area (Å²) in [6.07, 6.45) is 4.14. The van der Waals surface area contributed by atoms with Crippen LogP contribution in [0.5, 0.6) is 0 Å². The first kappa shape index (κ1) is 22.6. The lowest BCUT2D eigenvalue weighted by atomic mass is 10.00. The van der Waals surface area contributed by atoms with Crippen molar-refractivity contribution in [1.82, 2.24) is 9.97 Å². The van der Waals surface area contributed by atoms with Crippen molar-refractivity contribution in [3.8, 4) is 11.1 Å². The van der Waals surface area contributed by atoms with Gasteiger partial charge in [-0.25, -0.2) is 22.2 Å². The minimum Gasteiger partial charge on any atom is -0.345 e. The molecule has 0 spiro atoms. The number of allylic oxidation sites excluding steroid dienone is 1. The number of pyridine rings is 1. The van der Waals surface area contributed by atoms with E-state index in [9.17, 15) is 17.6 Å². The first-order valence-corrected chi connectivity index (χ1v) is 11.5. The Morgan fingerprint density at radius 2 is 1.85 bits per heavy atom. The molecule has 6 nitrogen and oxygen atoms in total. The van der Waals surface area contributed by atoms with Crippen LogP contribution in [0, 0.1) is 11.6 Å². The van der Waals surface area contributed by atoms with Crippen LogP contribution < -0.4 is 4.72 Å². The number of aromatic nitrogens is 2. The molecule has 0 bridgehead atoms. The molecule has 4 aromatic rings. The SMILES string of the molecule is CC=CS(=O)(=O)Nc1ccc(F)c(C(=O)c2c[nH]c3ncc(-c4ccc(Cl)cc4)cc23)c1F. The lowest BCUT2D eigenvalue weighted by molar-refractivity contribution is 0.103. The minimum absolute atomic E-state index is 0.0143. The van der Waals surface area contributed by atoms with E-state index < -0.39 is 38.7 Å². The zero-order valence-corrected chi connectivity index (χ0v) is 18.6. The Balaban J connectivity index is 1.79. The molecule has 0 amide bonds. The third-order valence-corrected chi connectivity index (χ3v) is 6.23. The molecule has 0 aliphatic heterocycles. The van der Waals surface area contributed by atoms with Crippen LogP contribution in [0.25, 0.3) is 22.2 Å². The van der Waals surface area contributed by atoms with Gasteiger partial charge in [0.05, 0.1) is 11.3 Å². The Hall–Kier alpha value is -3.56. The number of carbonyl (C=O) groups is 1. The van der Waals surface area contributed by atoms with Crippen LogP contribution in [-0.2, 0) is 10.0 Å². The molecular weight excluding hydrogens is 472 g/mol. The largest absolute Gasteiger partial charge is 0.345 e. The third kappa shape index (κ3) is 4.50. The molecule has 0 saturated heterocycles. The summed E-state index contributed by atoms with van der Waals surface area (Å²) in [5, 5.41) is 1.73. The van der Waals surface area contributed by atoms with Crippen molar-refractivity contribution in [3.63, 3.8) is 0 Å². The highest BCUT2D eigenvalue weighted by Gasteiger charge is 2.25. The van der Waals surface area contributed by atoms with Gasteiger partial charge in [-0.3, -0.25) is 9.52 Å². The molecule has 4 rings (SSSR count). The summed E-state index contributed by atoms with van der Waals surface area (Å²) < 4.78 is 55.5. The summed E-state index contributed by atoms with van der Waals surface area (Å²) in [5.74, 6) is -3.40. The third-order valence-electron chi connectivity index (χ3n) is 4.84. The van der Waals surface area contributed by atoms with Gasteiger partial charge in [-0.1, -0.05) is 29.8 Å².